The Morgan fingerprint density at radius 2 is 0.806 bits per heavy atom. The Morgan fingerprint density at radius 1 is 0.339 bits per heavy atom. The van der Waals surface area contributed by atoms with E-state index in [9.17, 15) is 0 Å². The highest BCUT2D eigenvalue weighted by Gasteiger charge is 2.29. The molecule has 0 fully saturated rings. The molecule has 0 bridgehead atoms. The summed E-state index contributed by atoms with van der Waals surface area (Å²) >= 11 is 0. The third-order valence-corrected chi connectivity index (χ3v) is 12.8. The van der Waals surface area contributed by atoms with Crippen molar-refractivity contribution >= 4 is 49.3 Å². The van der Waals surface area contributed by atoms with Gasteiger partial charge in [0.15, 0.2) is 0 Å². The van der Waals surface area contributed by atoms with E-state index in [0.717, 1.165) is 18.5 Å². The molecular formula is C60H42N2. The molecule has 1 aliphatic carbocycles. The molecule has 0 amide bonds. The minimum atomic E-state index is 1.03. The van der Waals surface area contributed by atoms with Crippen molar-refractivity contribution < 1.29 is 0 Å². The van der Waals surface area contributed by atoms with E-state index in [-0.39, 0.29) is 0 Å². The molecule has 0 atom stereocenters. The normalized spacial score (nSPS) is 12.7. The lowest BCUT2D eigenvalue weighted by molar-refractivity contribution is 0.979. The van der Waals surface area contributed by atoms with E-state index in [4.69, 9.17) is 0 Å². The first-order valence-corrected chi connectivity index (χ1v) is 21.7. The van der Waals surface area contributed by atoms with Gasteiger partial charge in [0.1, 0.15) is 0 Å². The van der Waals surface area contributed by atoms with Crippen LogP contribution in [0.2, 0.25) is 0 Å². The zero-order valence-electron chi connectivity index (χ0n) is 34.2. The molecule has 11 aromatic rings. The summed E-state index contributed by atoms with van der Waals surface area (Å²) in [5.74, 6) is 0. The Morgan fingerprint density at radius 3 is 1.39 bits per heavy atom. The summed E-state index contributed by atoms with van der Waals surface area (Å²) in [6, 6.07) is 78.1. The van der Waals surface area contributed by atoms with E-state index < -0.39 is 0 Å². The summed E-state index contributed by atoms with van der Waals surface area (Å²) in [4.78, 5) is 0. The van der Waals surface area contributed by atoms with Crippen LogP contribution in [0.5, 0.6) is 0 Å². The van der Waals surface area contributed by atoms with Crippen molar-refractivity contribution in [3.8, 4) is 61.3 Å². The molecule has 292 valence electrons. The Hall–Kier alpha value is -7.94. The Kier molecular flexibility index (Phi) is 8.67. The first kappa shape index (κ1) is 36.0. The number of nitrogens with zero attached hydrogens (tertiary/aromatic N) is 2. The standard InChI is InChI=1S/C60H42N2/c1-7-21-41(22-8-1)55-56(42-23-9-2-10-24-42)58(44-27-13-4-14-28-44)60-59(57(55)43-25-11-3-12-26-43)51-40-46(36-38-54(51)62(60)48-31-17-6-18-32-48)45-35-37-53-50(39-45)49-33-19-20-34-52(49)61(53)47-29-15-5-16-30-47/h1-15,17-29,31-40H,16,30H2. The molecule has 2 aromatic heterocycles. The maximum Gasteiger partial charge on any atom is 0.0632 e. The molecule has 2 heteroatoms. The van der Waals surface area contributed by atoms with E-state index in [1.165, 1.54) is 105 Å². The van der Waals surface area contributed by atoms with Gasteiger partial charge in [-0.05, 0) is 100 Å². The number of rotatable bonds is 7. The first-order valence-electron chi connectivity index (χ1n) is 21.7. The first-order chi connectivity index (χ1) is 30.8. The number of aromatic nitrogens is 2. The van der Waals surface area contributed by atoms with Gasteiger partial charge in [-0.15, -0.1) is 0 Å². The second kappa shape index (κ2) is 15.0. The second-order valence-electron chi connectivity index (χ2n) is 16.3. The lowest BCUT2D eigenvalue weighted by atomic mass is 9.80. The van der Waals surface area contributed by atoms with E-state index in [2.05, 4.69) is 240 Å². The number of fused-ring (bicyclic) bond motifs is 6. The van der Waals surface area contributed by atoms with Gasteiger partial charge in [0.25, 0.3) is 0 Å². The van der Waals surface area contributed by atoms with E-state index in [0.29, 0.717) is 0 Å². The molecule has 2 heterocycles. The second-order valence-corrected chi connectivity index (χ2v) is 16.3. The SMILES string of the molecule is C1=CCCC(n2c3ccccc3c3cc(-c4ccc5c(c4)c4c(-c6ccccc6)c(-c6ccccc6)c(-c6ccccc6)c(-c6ccccc6)c4n5-c4ccccc4)ccc32)=C1. The fourth-order valence-corrected chi connectivity index (χ4v) is 10.1. The van der Waals surface area contributed by atoms with Crippen molar-refractivity contribution in [3.05, 3.63) is 231 Å². The molecular weight excluding hydrogens is 749 g/mol. The molecule has 0 aliphatic heterocycles. The van der Waals surface area contributed by atoms with Gasteiger partial charge in [0, 0.05) is 49.6 Å². The van der Waals surface area contributed by atoms with Crippen molar-refractivity contribution in [3.63, 3.8) is 0 Å². The summed E-state index contributed by atoms with van der Waals surface area (Å²) in [5.41, 5.74) is 19.4. The summed E-state index contributed by atoms with van der Waals surface area (Å²) in [7, 11) is 0. The van der Waals surface area contributed by atoms with Crippen molar-refractivity contribution in [2.45, 2.75) is 12.8 Å². The minimum absolute atomic E-state index is 1.03. The van der Waals surface area contributed by atoms with Gasteiger partial charge in [-0.1, -0.05) is 182 Å². The van der Waals surface area contributed by atoms with E-state index >= 15 is 0 Å². The van der Waals surface area contributed by atoms with Crippen LogP contribution in [0.1, 0.15) is 12.8 Å². The summed E-state index contributed by atoms with van der Waals surface area (Å²) < 4.78 is 4.99. The molecule has 12 rings (SSSR count). The highest BCUT2D eigenvalue weighted by atomic mass is 15.0. The van der Waals surface area contributed by atoms with Crippen LogP contribution in [0.25, 0.3) is 111 Å². The van der Waals surface area contributed by atoms with Gasteiger partial charge < -0.3 is 9.13 Å². The smallest absolute Gasteiger partial charge is 0.0632 e. The molecule has 0 radical (unpaired) electrons. The van der Waals surface area contributed by atoms with Crippen molar-refractivity contribution in [2.24, 2.45) is 0 Å². The van der Waals surface area contributed by atoms with Gasteiger partial charge in [-0.25, -0.2) is 0 Å². The van der Waals surface area contributed by atoms with Crippen LogP contribution in [-0.2, 0) is 0 Å². The monoisotopic (exact) mass is 790 g/mol. The van der Waals surface area contributed by atoms with Gasteiger partial charge in [0.05, 0.1) is 22.1 Å². The van der Waals surface area contributed by atoms with Crippen LogP contribution < -0.4 is 0 Å². The van der Waals surface area contributed by atoms with Crippen LogP contribution >= 0.6 is 0 Å². The van der Waals surface area contributed by atoms with Gasteiger partial charge >= 0.3 is 0 Å². The fourth-order valence-electron chi connectivity index (χ4n) is 10.1. The van der Waals surface area contributed by atoms with Crippen LogP contribution in [0.4, 0.5) is 0 Å². The lowest BCUT2D eigenvalue weighted by Gasteiger charge is -2.24. The van der Waals surface area contributed by atoms with Crippen molar-refractivity contribution in [1.29, 1.82) is 0 Å². The molecule has 0 saturated heterocycles. The molecule has 0 N–H and O–H groups in total. The maximum absolute atomic E-state index is 2.52. The fraction of sp³-hybridized carbons (Fsp3) is 0.0333. The van der Waals surface area contributed by atoms with Crippen molar-refractivity contribution in [1.82, 2.24) is 9.13 Å². The van der Waals surface area contributed by atoms with Crippen LogP contribution in [0.3, 0.4) is 0 Å². The Bertz CT molecular complexity index is 3520. The third-order valence-electron chi connectivity index (χ3n) is 12.8. The molecule has 62 heavy (non-hydrogen) atoms. The van der Waals surface area contributed by atoms with Gasteiger partial charge in [0.2, 0.25) is 0 Å². The molecule has 1 aliphatic rings. The maximum atomic E-state index is 2.52. The molecule has 0 saturated carbocycles. The average Bonchev–Trinajstić information content (AvgIpc) is 3.87. The Balaban J connectivity index is 1.25. The molecule has 0 spiro atoms. The largest absolute Gasteiger partial charge is 0.313 e. The Labute approximate surface area is 361 Å². The quantitative estimate of drug-likeness (QED) is 0.152. The summed E-state index contributed by atoms with van der Waals surface area (Å²) in [5, 5.41) is 5.01. The molecule has 2 nitrogen and oxygen atoms in total. The molecule has 0 unspecified atom stereocenters. The van der Waals surface area contributed by atoms with Crippen LogP contribution in [0.15, 0.2) is 231 Å². The molecule has 9 aromatic carbocycles. The number of hydrogen-bond donors (Lipinski definition) is 0. The van der Waals surface area contributed by atoms with Crippen LogP contribution in [-0.4, -0.2) is 9.13 Å². The number of para-hydroxylation sites is 2. The number of hydrogen-bond acceptors (Lipinski definition) is 0. The predicted molar refractivity (Wildman–Crippen MR) is 264 cm³/mol. The summed E-state index contributed by atoms with van der Waals surface area (Å²) in [6.45, 7) is 0. The van der Waals surface area contributed by atoms with Gasteiger partial charge in [-0.2, -0.15) is 0 Å². The summed E-state index contributed by atoms with van der Waals surface area (Å²) in [6.07, 6.45) is 8.83. The van der Waals surface area contributed by atoms with Gasteiger partial charge in [-0.3, -0.25) is 0 Å². The minimum Gasteiger partial charge on any atom is -0.313 e. The number of benzene rings is 9. The average molecular weight is 791 g/mol. The zero-order valence-corrected chi connectivity index (χ0v) is 34.2. The highest BCUT2D eigenvalue weighted by molar-refractivity contribution is 6.27. The lowest BCUT2D eigenvalue weighted by Crippen LogP contribution is -2.00. The van der Waals surface area contributed by atoms with Crippen molar-refractivity contribution in [2.75, 3.05) is 0 Å². The van der Waals surface area contributed by atoms with E-state index in [1.807, 2.05) is 0 Å². The van der Waals surface area contributed by atoms with E-state index in [1.54, 1.807) is 0 Å². The van der Waals surface area contributed by atoms with Crippen LogP contribution in [0, 0.1) is 0 Å². The topological polar surface area (TPSA) is 9.86 Å². The highest BCUT2D eigenvalue weighted by Crippen LogP contribution is 2.54. The predicted octanol–water partition coefficient (Wildman–Crippen LogP) is 16.4. The zero-order chi connectivity index (χ0) is 41.0. The third kappa shape index (κ3) is 5.79. The number of allylic oxidation sites excluding steroid dienone is 4.